The van der Waals surface area contributed by atoms with Gasteiger partial charge in [0.15, 0.2) is 0 Å². The summed E-state index contributed by atoms with van der Waals surface area (Å²) in [7, 11) is 0. The van der Waals surface area contributed by atoms with Crippen molar-refractivity contribution in [2.24, 2.45) is 10.1 Å². The van der Waals surface area contributed by atoms with Crippen LogP contribution in [0.5, 0.6) is 5.75 Å². The predicted molar refractivity (Wildman–Crippen MR) is 99.9 cm³/mol. The minimum Gasteiger partial charge on any atom is -0.435 e. The number of rotatable bonds is 6. The van der Waals surface area contributed by atoms with Crippen molar-refractivity contribution in [3.8, 4) is 17.0 Å². The molecule has 3 aromatic rings. The fraction of sp³-hybridized carbons (Fsp3) is 0.158. The Kier molecular flexibility index (Phi) is 5.91. The molecule has 1 heterocycles. The lowest BCUT2D eigenvalue weighted by Crippen LogP contribution is -2.12. The fourth-order valence-corrected chi connectivity index (χ4v) is 3.22. The zero-order chi connectivity index (χ0) is 18.4. The van der Waals surface area contributed by atoms with Crippen molar-refractivity contribution >= 4 is 17.6 Å². The minimum atomic E-state index is -2.83. The molecular formula is C19H17F2N3OS. The summed E-state index contributed by atoms with van der Waals surface area (Å²) in [5.41, 5.74) is 2.75. The van der Waals surface area contributed by atoms with Gasteiger partial charge in [-0.3, -0.25) is 4.99 Å². The standard InChI is InChI=1S/C19H17F2N3OS/c1-2-22-19-24(17(13-26-19)15-6-4-3-5-7-15)23-12-14-8-10-16(11-9-14)25-18(20)21/h3-13,18H,2H2,1H3/b22-19?,23-12-. The highest BCUT2D eigenvalue weighted by Gasteiger charge is 2.07. The third kappa shape index (κ3) is 4.43. The maximum absolute atomic E-state index is 12.2. The Balaban J connectivity index is 1.92. The molecule has 3 rings (SSSR count). The Morgan fingerprint density at radius 1 is 1.12 bits per heavy atom. The van der Waals surface area contributed by atoms with Gasteiger partial charge in [0.05, 0.1) is 11.9 Å². The highest BCUT2D eigenvalue weighted by molar-refractivity contribution is 7.07. The monoisotopic (exact) mass is 373 g/mol. The van der Waals surface area contributed by atoms with Crippen molar-refractivity contribution in [1.82, 2.24) is 4.68 Å². The predicted octanol–water partition coefficient (Wildman–Crippen LogP) is 4.62. The Morgan fingerprint density at radius 3 is 2.50 bits per heavy atom. The van der Waals surface area contributed by atoms with Crippen LogP contribution in [0.15, 0.2) is 70.1 Å². The van der Waals surface area contributed by atoms with E-state index in [9.17, 15) is 8.78 Å². The summed E-state index contributed by atoms with van der Waals surface area (Å²) in [6.07, 6.45) is 1.67. The van der Waals surface area contributed by atoms with Crippen molar-refractivity contribution < 1.29 is 13.5 Å². The van der Waals surface area contributed by atoms with Gasteiger partial charge < -0.3 is 4.74 Å². The second kappa shape index (κ2) is 8.53. The van der Waals surface area contributed by atoms with Crippen LogP contribution in [0.25, 0.3) is 11.3 Å². The van der Waals surface area contributed by atoms with E-state index in [4.69, 9.17) is 0 Å². The first-order valence-electron chi connectivity index (χ1n) is 8.03. The summed E-state index contributed by atoms with van der Waals surface area (Å²) in [4.78, 5) is 5.27. The van der Waals surface area contributed by atoms with Crippen LogP contribution < -0.4 is 9.54 Å². The van der Waals surface area contributed by atoms with Gasteiger partial charge in [-0.15, -0.1) is 11.3 Å². The van der Waals surface area contributed by atoms with E-state index >= 15 is 0 Å². The van der Waals surface area contributed by atoms with Gasteiger partial charge in [-0.2, -0.15) is 13.9 Å². The molecule has 2 aromatic carbocycles. The summed E-state index contributed by atoms with van der Waals surface area (Å²) < 4.78 is 30.6. The van der Waals surface area contributed by atoms with Crippen LogP contribution >= 0.6 is 11.3 Å². The van der Waals surface area contributed by atoms with Crippen LogP contribution in [0.3, 0.4) is 0 Å². The molecule has 0 fully saturated rings. The summed E-state index contributed by atoms with van der Waals surface area (Å²) in [5.74, 6) is 0.118. The molecular weight excluding hydrogens is 356 g/mol. The number of thiazole rings is 1. The number of hydrogen-bond acceptors (Lipinski definition) is 4. The summed E-state index contributed by atoms with van der Waals surface area (Å²) in [6, 6.07) is 16.3. The topological polar surface area (TPSA) is 38.9 Å². The van der Waals surface area contributed by atoms with Crippen molar-refractivity contribution in [3.05, 3.63) is 70.3 Å². The zero-order valence-corrected chi connectivity index (χ0v) is 14.9. The van der Waals surface area contributed by atoms with E-state index in [1.165, 1.54) is 23.5 Å². The quantitative estimate of drug-likeness (QED) is 0.581. The number of alkyl halides is 2. The van der Waals surface area contributed by atoms with E-state index in [0.29, 0.717) is 6.54 Å². The van der Waals surface area contributed by atoms with E-state index in [1.54, 1.807) is 23.0 Å². The molecule has 26 heavy (non-hydrogen) atoms. The van der Waals surface area contributed by atoms with Gasteiger partial charge in [0.2, 0.25) is 4.80 Å². The molecule has 0 saturated carbocycles. The number of hydrogen-bond donors (Lipinski definition) is 0. The van der Waals surface area contributed by atoms with E-state index in [-0.39, 0.29) is 5.75 Å². The molecule has 0 saturated heterocycles. The van der Waals surface area contributed by atoms with Crippen LogP contribution in [0.1, 0.15) is 12.5 Å². The van der Waals surface area contributed by atoms with Gasteiger partial charge in [-0.05, 0) is 36.8 Å². The second-order valence-corrected chi connectivity index (χ2v) is 6.08. The third-order valence-electron chi connectivity index (χ3n) is 3.48. The van der Waals surface area contributed by atoms with Crippen LogP contribution in [-0.4, -0.2) is 24.0 Å². The van der Waals surface area contributed by atoms with Gasteiger partial charge in [-0.1, -0.05) is 30.3 Å². The van der Waals surface area contributed by atoms with Crippen molar-refractivity contribution in [3.63, 3.8) is 0 Å². The first kappa shape index (κ1) is 18.0. The van der Waals surface area contributed by atoms with Gasteiger partial charge in [-0.25, -0.2) is 4.68 Å². The number of benzene rings is 2. The van der Waals surface area contributed by atoms with Crippen molar-refractivity contribution in [1.29, 1.82) is 0 Å². The maximum atomic E-state index is 12.2. The number of ether oxygens (including phenoxy) is 1. The number of halogens is 2. The normalized spacial score (nSPS) is 12.2. The average Bonchev–Trinajstić information content (AvgIpc) is 3.04. The Morgan fingerprint density at radius 2 is 1.85 bits per heavy atom. The molecule has 0 radical (unpaired) electrons. The molecule has 1 aromatic heterocycles. The lowest BCUT2D eigenvalue weighted by molar-refractivity contribution is -0.0498. The molecule has 7 heteroatoms. The lowest BCUT2D eigenvalue weighted by Gasteiger charge is -2.05. The van der Waals surface area contributed by atoms with E-state index in [1.807, 2.05) is 42.6 Å². The van der Waals surface area contributed by atoms with E-state index in [2.05, 4.69) is 14.8 Å². The highest BCUT2D eigenvalue weighted by Crippen LogP contribution is 2.20. The first-order chi connectivity index (χ1) is 12.7. The van der Waals surface area contributed by atoms with Crippen LogP contribution in [0, 0.1) is 0 Å². The molecule has 0 aliphatic heterocycles. The minimum absolute atomic E-state index is 0.118. The maximum Gasteiger partial charge on any atom is 0.387 e. The van der Waals surface area contributed by atoms with Crippen LogP contribution in [-0.2, 0) is 0 Å². The molecule has 0 unspecified atom stereocenters. The number of aromatic nitrogens is 1. The fourth-order valence-electron chi connectivity index (χ4n) is 2.32. The van der Waals surface area contributed by atoms with E-state index < -0.39 is 6.61 Å². The van der Waals surface area contributed by atoms with Gasteiger partial charge in [0.1, 0.15) is 5.75 Å². The summed E-state index contributed by atoms with van der Waals surface area (Å²) >= 11 is 1.52. The molecule has 0 amide bonds. The average molecular weight is 373 g/mol. The van der Waals surface area contributed by atoms with Gasteiger partial charge >= 0.3 is 6.61 Å². The first-order valence-corrected chi connectivity index (χ1v) is 8.91. The lowest BCUT2D eigenvalue weighted by atomic mass is 10.2. The van der Waals surface area contributed by atoms with Crippen molar-refractivity contribution in [2.45, 2.75) is 13.5 Å². The highest BCUT2D eigenvalue weighted by atomic mass is 32.1. The van der Waals surface area contributed by atoms with E-state index in [0.717, 1.165) is 21.6 Å². The Labute approximate surface area is 153 Å². The largest absolute Gasteiger partial charge is 0.435 e. The molecule has 0 aliphatic carbocycles. The zero-order valence-electron chi connectivity index (χ0n) is 14.0. The smallest absolute Gasteiger partial charge is 0.387 e. The SMILES string of the molecule is CCN=c1scc(-c2ccccc2)n1/N=C\c1ccc(OC(F)F)cc1. The van der Waals surface area contributed by atoms with Crippen molar-refractivity contribution in [2.75, 3.05) is 6.54 Å². The second-order valence-electron chi connectivity index (χ2n) is 5.25. The Bertz CT molecular complexity index is 931. The molecule has 0 atom stereocenters. The van der Waals surface area contributed by atoms with Gasteiger partial charge in [0.25, 0.3) is 0 Å². The van der Waals surface area contributed by atoms with Crippen LogP contribution in [0.2, 0.25) is 0 Å². The summed E-state index contributed by atoms with van der Waals surface area (Å²) in [6.45, 7) is -0.204. The van der Waals surface area contributed by atoms with Gasteiger partial charge in [0, 0.05) is 17.5 Å². The molecule has 0 spiro atoms. The van der Waals surface area contributed by atoms with Crippen LogP contribution in [0.4, 0.5) is 8.78 Å². The molecule has 0 N–H and O–H groups in total. The molecule has 0 aliphatic rings. The molecule has 134 valence electrons. The molecule has 4 nitrogen and oxygen atoms in total. The Hall–Kier alpha value is -2.80. The third-order valence-corrected chi connectivity index (χ3v) is 4.33. The molecule has 0 bridgehead atoms. The number of nitrogens with zero attached hydrogens (tertiary/aromatic N) is 3. The summed E-state index contributed by atoms with van der Waals surface area (Å²) in [5, 5.41) is 6.56.